The standard InChI is InChI=1S/C14H16N2O5/c1-19-11-6-3-5-10(13(11)20-2)14(18)21-9-12(17)16-8-4-7-15/h3,5-6H,4,8-9H2,1-2H3,(H,16,17). The molecule has 1 aromatic carbocycles. The molecular formula is C14H16N2O5. The number of methoxy groups -OCH3 is 2. The van der Waals surface area contributed by atoms with Crippen molar-refractivity contribution in [1.82, 2.24) is 5.32 Å². The van der Waals surface area contributed by atoms with E-state index in [9.17, 15) is 9.59 Å². The van der Waals surface area contributed by atoms with E-state index >= 15 is 0 Å². The highest BCUT2D eigenvalue weighted by atomic mass is 16.5. The number of hydrogen-bond acceptors (Lipinski definition) is 6. The Bertz CT molecular complexity index is 551. The van der Waals surface area contributed by atoms with Gasteiger partial charge in [0, 0.05) is 6.54 Å². The second-order valence-electron chi connectivity index (χ2n) is 3.88. The molecule has 0 atom stereocenters. The molecule has 1 N–H and O–H groups in total. The smallest absolute Gasteiger partial charge is 0.342 e. The molecule has 0 radical (unpaired) electrons. The van der Waals surface area contributed by atoms with Gasteiger partial charge in [0.25, 0.3) is 5.91 Å². The van der Waals surface area contributed by atoms with Gasteiger partial charge in [0.1, 0.15) is 5.56 Å². The molecule has 0 aliphatic rings. The largest absolute Gasteiger partial charge is 0.493 e. The van der Waals surface area contributed by atoms with Gasteiger partial charge < -0.3 is 19.5 Å². The van der Waals surface area contributed by atoms with Crippen LogP contribution in [-0.4, -0.2) is 39.2 Å². The Labute approximate surface area is 122 Å². The number of amides is 1. The van der Waals surface area contributed by atoms with Gasteiger partial charge >= 0.3 is 5.97 Å². The van der Waals surface area contributed by atoms with Gasteiger partial charge in [0.2, 0.25) is 0 Å². The van der Waals surface area contributed by atoms with Crippen LogP contribution in [0, 0.1) is 11.3 Å². The number of esters is 1. The van der Waals surface area contributed by atoms with Crippen molar-refractivity contribution in [3.05, 3.63) is 23.8 Å². The quantitative estimate of drug-likeness (QED) is 0.592. The Kier molecular flexibility index (Phi) is 6.54. The van der Waals surface area contributed by atoms with Crippen LogP contribution in [0.2, 0.25) is 0 Å². The van der Waals surface area contributed by atoms with Crippen molar-refractivity contribution >= 4 is 11.9 Å². The Balaban J connectivity index is 2.64. The zero-order chi connectivity index (χ0) is 15.7. The second kappa shape index (κ2) is 8.43. The van der Waals surface area contributed by atoms with Gasteiger partial charge in [0.15, 0.2) is 18.1 Å². The third-order valence-corrected chi connectivity index (χ3v) is 2.52. The zero-order valence-electron chi connectivity index (χ0n) is 11.8. The first-order chi connectivity index (χ1) is 10.1. The SMILES string of the molecule is COc1cccc(C(=O)OCC(=O)NCCC#N)c1OC. The minimum Gasteiger partial charge on any atom is -0.493 e. The van der Waals surface area contributed by atoms with Crippen LogP contribution in [0.4, 0.5) is 0 Å². The van der Waals surface area contributed by atoms with Crippen LogP contribution in [0.25, 0.3) is 0 Å². The summed E-state index contributed by atoms with van der Waals surface area (Å²) in [6, 6.07) is 6.66. The normalized spacial score (nSPS) is 9.38. The summed E-state index contributed by atoms with van der Waals surface area (Å²) in [5.74, 6) is -0.526. The first-order valence-electron chi connectivity index (χ1n) is 6.15. The van der Waals surface area contributed by atoms with Crippen LogP contribution in [0.1, 0.15) is 16.8 Å². The van der Waals surface area contributed by atoms with Crippen molar-refractivity contribution in [2.45, 2.75) is 6.42 Å². The summed E-state index contributed by atoms with van der Waals surface area (Å²) in [6.07, 6.45) is 0.198. The Morgan fingerprint density at radius 3 is 2.67 bits per heavy atom. The van der Waals surface area contributed by atoms with Crippen LogP contribution in [0.15, 0.2) is 18.2 Å². The van der Waals surface area contributed by atoms with Gasteiger partial charge in [-0.15, -0.1) is 0 Å². The average molecular weight is 292 g/mol. The van der Waals surface area contributed by atoms with Gasteiger partial charge in [-0.2, -0.15) is 5.26 Å². The third-order valence-electron chi connectivity index (χ3n) is 2.52. The number of benzene rings is 1. The lowest BCUT2D eigenvalue weighted by atomic mass is 10.2. The third kappa shape index (κ3) is 4.69. The van der Waals surface area contributed by atoms with Crippen molar-refractivity contribution in [2.75, 3.05) is 27.4 Å². The van der Waals surface area contributed by atoms with Crippen molar-refractivity contribution < 1.29 is 23.8 Å². The molecule has 0 aliphatic heterocycles. The van der Waals surface area contributed by atoms with E-state index in [4.69, 9.17) is 19.5 Å². The van der Waals surface area contributed by atoms with Crippen LogP contribution in [-0.2, 0) is 9.53 Å². The minimum absolute atomic E-state index is 0.168. The van der Waals surface area contributed by atoms with Crippen LogP contribution in [0.5, 0.6) is 11.5 Å². The topological polar surface area (TPSA) is 97.6 Å². The summed E-state index contributed by atoms with van der Waals surface area (Å²) in [6.45, 7) is -0.208. The molecule has 1 amide bonds. The lowest BCUT2D eigenvalue weighted by Gasteiger charge is -2.11. The highest BCUT2D eigenvalue weighted by Gasteiger charge is 2.18. The molecule has 1 aromatic rings. The summed E-state index contributed by atoms with van der Waals surface area (Å²) in [7, 11) is 2.86. The fourth-order valence-corrected chi connectivity index (χ4v) is 1.57. The Morgan fingerprint density at radius 2 is 2.05 bits per heavy atom. The second-order valence-corrected chi connectivity index (χ2v) is 3.88. The molecule has 0 aliphatic carbocycles. The lowest BCUT2D eigenvalue weighted by Crippen LogP contribution is -2.29. The van der Waals surface area contributed by atoms with Gasteiger partial charge in [-0.05, 0) is 12.1 Å². The van der Waals surface area contributed by atoms with E-state index in [1.165, 1.54) is 20.3 Å². The molecular weight excluding hydrogens is 276 g/mol. The first kappa shape index (κ1) is 16.3. The number of carbonyl (C=O) groups excluding carboxylic acids is 2. The van der Waals surface area contributed by atoms with Crippen molar-refractivity contribution in [3.63, 3.8) is 0 Å². The van der Waals surface area contributed by atoms with Gasteiger partial charge in [-0.3, -0.25) is 4.79 Å². The van der Waals surface area contributed by atoms with Crippen LogP contribution < -0.4 is 14.8 Å². The molecule has 0 fully saturated rings. The summed E-state index contributed by atoms with van der Waals surface area (Å²) in [4.78, 5) is 23.3. The fraction of sp³-hybridized carbons (Fsp3) is 0.357. The number of hydrogen-bond donors (Lipinski definition) is 1. The van der Waals surface area contributed by atoms with Crippen molar-refractivity contribution in [1.29, 1.82) is 5.26 Å². The van der Waals surface area contributed by atoms with E-state index in [1.807, 2.05) is 6.07 Å². The molecule has 0 unspecified atom stereocenters. The summed E-state index contributed by atoms with van der Waals surface area (Å²) < 4.78 is 15.1. The number of carbonyl (C=O) groups is 2. The molecule has 0 heterocycles. The van der Waals surface area contributed by atoms with E-state index < -0.39 is 18.5 Å². The number of para-hydroxylation sites is 1. The Hall–Kier alpha value is -2.75. The molecule has 1 rings (SSSR count). The molecule has 0 saturated carbocycles. The highest BCUT2D eigenvalue weighted by Crippen LogP contribution is 2.30. The van der Waals surface area contributed by atoms with E-state index in [2.05, 4.69) is 5.32 Å². The molecule has 0 aromatic heterocycles. The summed E-state index contributed by atoms with van der Waals surface area (Å²) in [5.41, 5.74) is 0.168. The number of nitrogens with one attached hydrogen (secondary N) is 1. The fourth-order valence-electron chi connectivity index (χ4n) is 1.57. The average Bonchev–Trinajstić information content (AvgIpc) is 2.51. The van der Waals surface area contributed by atoms with Crippen molar-refractivity contribution in [3.8, 4) is 17.6 Å². The summed E-state index contributed by atoms with van der Waals surface area (Å²) in [5, 5.41) is 10.8. The number of ether oxygens (including phenoxy) is 3. The minimum atomic E-state index is -0.693. The van der Waals surface area contributed by atoms with Gasteiger partial charge in [-0.25, -0.2) is 4.79 Å². The summed E-state index contributed by atoms with van der Waals surface area (Å²) >= 11 is 0. The molecule has 7 nitrogen and oxygen atoms in total. The maximum absolute atomic E-state index is 11.9. The highest BCUT2D eigenvalue weighted by molar-refractivity contribution is 5.94. The molecule has 7 heteroatoms. The molecule has 0 bridgehead atoms. The van der Waals surface area contributed by atoms with E-state index in [0.717, 1.165) is 0 Å². The predicted octanol–water partition coefficient (Wildman–Crippen LogP) is 0.890. The van der Waals surface area contributed by atoms with E-state index in [1.54, 1.807) is 12.1 Å². The predicted molar refractivity (Wildman–Crippen MR) is 73.1 cm³/mol. The lowest BCUT2D eigenvalue weighted by molar-refractivity contribution is -0.124. The Morgan fingerprint density at radius 1 is 1.29 bits per heavy atom. The van der Waals surface area contributed by atoms with Gasteiger partial charge in [-0.1, -0.05) is 6.07 Å². The van der Waals surface area contributed by atoms with Crippen LogP contribution in [0.3, 0.4) is 0 Å². The van der Waals surface area contributed by atoms with Crippen LogP contribution >= 0.6 is 0 Å². The molecule has 0 spiro atoms. The number of nitrogens with zero attached hydrogens (tertiary/aromatic N) is 1. The zero-order valence-corrected chi connectivity index (χ0v) is 11.8. The molecule has 0 saturated heterocycles. The maximum Gasteiger partial charge on any atom is 0.342 e. The van der Waals surface area contributed by atoms with Crippen molar-refractivity contribution in [2.24, 2.45) is 0 Å². The van der Waals surface area contributed by atoms with Gasteiger partial charge in [0.05, 0.1) is 26.7 Å². The maximum atomic E-state index is 11.9. The van der Waals surface area contributed by atoms with E-state index in [-0.39, 0.29) is 24.3 Å². The first-order valence-corrected chi connectivity index (χ1v) is 6.15. The van der Waals surface area contributed by atoms with E-state index in [0.29, 0.717) is 5.75 Å². The monoisotopic (exact) mass is 292 g/mol. The molecule has 21 heavy (non-hydrogen) atoms. The number of nitriles is 1. The molecule has 112 valence electrons. The number of rotatable bonds is 7.